The van der Waals surface area contributed by atoms with Gasteiger partial charge in [0.25, 0.3) is 5.88 Å². The molecule has 0 radical (unpaired) electrons. The number of fused-ring (bicyclic) bond motifs is 7. The fourth-order valence-electron chi connectivity index (χ4n) is 6.04. The van der Waals surface area contributed by atoms with Gasteiger partial charge in [-0.05, 0) is 48.5 Å². The van der Waals surface area contributed by atoms with Crippen LogP contribution in [0.3, 0.4) is 0 Å². The van der Waals surface area contributed by atoms with Crippen LogP contribution < -0.4 is 4.74 Å². The average Bonchev–Trinajstić information content (AvgIpc) is 3.60. The largest absolute Gasteiger partial charge is 0.494 e. The van der Waals surface area contributed by atoms with Gasteiger partial charge in [0.2, 0.25) is 11.8 Å². The lowest BCUT2D eigenvalue weighted by molar-refractivity contribution is -0.107. The van der Waals surface area contributed by atoms with Gasteiger partial charge in [-0.3, -0.25) is 9.55 Å². The van der Waals surface area contributed by atoms with Crippen molar-refractivity contribution in [2.24, 2.45) is 0 Å². The average molecular weight is 545 g/mol. The Morgan fingerprint density at radius 1 is 1.18 bits per heavy atom. The molecule has 10 nitrogen and oxygen atoms in total. The first-order chi connectivity index (χ1) is 18.8. The van der Waals surface area contributed by atoms with Gasteiger partial charge in [-0.25, -0.2) is 0 Å². The van der Waals surface area contributed by atoms with Gasteiger partial charge in [0.15, 0.2) is 5.58 Å². The van der Waals surface area contributed by atoms with Crippen LogP contribution in [0.5, 0.6) is 17.6 Å². The van der Waals surface area contributed by atoms with Crippen LogP contribution in [0.25, 0.3) is 27.6 Å². The van der Waals surface area contributed by atoms with Crippen LogP contribution in [-0.4, -0.2) is 42.7 Å². The van der Waals surface area contributed by atoms with Crippen molar-refractivity contribution in [3.8, 4) is 29.4 Å². The molecule has 11 heteroatoms. The molecule has 2 aromatic carbocycles. The zero-order valence-corrected chi connectivity index (χ0v) is 21.3. The first-order valence-corrected chi connectivity index (χ1v) is 12.7. The summed E-state index contributed by atoms with van der Waals surface area (Å²) in [5.41, 5.74) is 0.230. The van der Waals surface area contributed by atoms with E-state index in [1.807, 2.05) is 0 Å². The Kier molecular flexibility index (Phi) is 4.94. The van der Waals surface area contributed by atoms with Crippen molar-refractivity contribution >= 4 is 33.5 Å². The van der Waals surface area contributed by atoms with Gasteiger partial charge >= 0.3 is 0 Å². The number of aliphatic hydroxyl groups is 1. The maximum atomic E-state index is 11.6. The third kappa shape index (κ3) is 3.21. The Labute approximate surface area is 226 Å². The highest BCUT2D eigenvalue weighted by Crippen LogP contribution is 2.65. The molecule has 5 heterocycles. The summed E-state index contributed by atoms with van der Waals surface area (Å²) in [7, 11) is 0. The summed E-state index contributed by atoms with van der Waals surface area (Å²) in [6.07, 6.45) is 0.970. The van der Waals surface area contributed by atoms with Crippen molar-refractivity contribution in [3.05, 3.63) is 70.4 Å². The van der Waals surface area contributed by atoms with Crippen LogP contribution in [-0.2, 0) is 15.9 Å². The summed E-state index contributed by atoms with van der Waals surface area (Å²) in [6.45, 7) is 1.81. The van der Waals surface area contributed by atoms with Gasteiger partial charge < -0.3 is 29.3 Å². The molecule has 5 aromatic rings. The van der Waals surface area contributed by atoms with Gasteiger partial charge in [-0.15, -0.1) is 0 Å². The summed E-state index contributed by atoms with van der Waals surface area (Å²) in [4.78, 5) is 4.33. The van der Waals surface area contributed by atoms with E-state index in [4.69, 9.17) is 25.6 Å². The zero-order chi connectivity index (χ0) is 27.1. The molecule has 1 fully saturated rings. The Bertz CT molecular complexity index is 1860. The predicted molar refractivity (Wildman–Crippen MR) is 139 cm³/mol. The lowest BCUT2D eigenvalue weighted by Gasteiger charge is -2.26. The van der Waals surface area contributed by atoms with Crippen molar-refractivity contribution in [2.75, 3.05) is 6.61 Å². The third-order valence-corrected chi connectivity index (χ3v) is 8.09. The van der Waals surface area contributed by atoms with E-state index in [1.165, 1.54) is 10.8 Å². The molecule has 3 N–H and O–H groups in total. The first-order valence-electron chi connectivity index (χ1n) is 12.3. The van der Waals surface area contributed by atoms with Gasteiger partial charge in [-0.1, -0.05) is 17.7 Å². The van der Waals surface area contributed by atoms with Crippen LogP contribution in [0.4, 0.5) is 0 Å². The van der Waals surface area contributed by atoms with Crippen molar-refractivity contribution in [1.82, 2.24) is 14.7 Å². The summed E-state index contributed by atoms with van der Waals surface area (Å²) < 4.78 is 18.9. The number of hydrogen-bond donors (Lipinski definition) is 3. The van der Waals surface area contributed by atoms with Gasteiger partial charge in [-0.2, -0.15) is 5.26 Å². The van der Waals surface area contributed by atoms with E-state index in [9.17, 15) is 20.6 Å². The van der Waals surface area contributed by atoms with E-state index in [0.29, 0.717) is 49.3 Å². The van der Waals surface area contributed by atoms with Gasteiger partial charge in [0.05, 0.1) is 46.0 Å². The molecule has 2 aliphatic heterocycles. The Morgan fingerprint density at radius 2 is 2.00 bits per heavy atom. The summed E-state index contributed by atoms with van der Waals surface area (Å²) in [5, 5.41) is 49.2. The molecule has 39 heavy (non-hydrogen) atoms. The highest BCUT2D eigenvalue weighted by molar-refractivity contribution is 6.31. The zero-order valence-electron chi connectivity index (χ0n) is 20.6. The van der Waals surface area contributed by atoms with Crippen LogP contribution in [0, 0.1) is 11.3 Å². The number of hydrogen-bond acceptors (Lipinski definition) is 9. The first kappa shape index (κ1) is 23.8. The van der Waals surface area contributed by atoms with E-state index in [-0.39, 0.29) is 37.1 Å². The number of pyridine rings is 1. The van der Waals surface area contributed by atoms with Crippen LogP contribution in [0.2, 0.25) is 5.02 Å². The van der Waals surface area contributed by atoms with E-state index < -0.39 is 17.3 Å². The van der Waals surface area contributed by atoms with Gasteiger partial charge in [0.1, 0.15) is 17.3 Å². The number of aromatic nitrogens is 3. The fourth-order valence-corrected chi connectivity index (χ4v) is 6.22. The SMILES string of the molecule is C[C@@]12O[C@@](CCOc3noc4ccc(Cl)cc34)(C[C@H]1O)c1c2c(O)n(-c2cccc3ncc(C#N)cc23)c1O. The Balaban J connectivity index is 1.30. The molecule has 3 atom stereocenters. The molecule has 196 valence electrons. The lowest BCUT2D eigenvalue weighted by atomic mass is 9.76. The van der Waals surface area contributed by atoms with Crippen molar-refractivity contribution in [2.45, 2.75) is 37.1 Å². The molecule has 1 saturated heterocycles. The van der Waals surface area contributed by atoms with Crippen LogP contribution in [0.15, 0.2) is 53.2 Å². The minimum Gasteiger partial charge on any atom is -0.494 e. The van der Waals surface area contributed by atoms with Crippen LogP contribution >= 0.6 is 11.6 Å². The second-order valence-electron chi connectivity index (χ2n) is 10.1. The van der Waals surface area contributed by atoms with Crippen molar-refractivity contribution in [1.29, 1.82) is 5.26 Å². The summed E-state index contributed by atoms with van der Waals surface area (Å²) in [5.74, 6) is -0.199. The van der Waals surface area contributed by atoms with Crippen molar-refractivity contribution in [3.63, 3.8) is 0 Å². The number of nitrogens with zero attached hydrogens (tertiary/aromatic N) is 4. The summed E-state index contributed by atoms with van der Waals surface area (Å²) in [6, 6.07) is 14.1. The van der Waals surface area contributed by atoms with Gasteiger partial charge in [0, 0.05) is 29.4 Å². The molecule has 0 saturated carbocycles. The monoisotopic (exact) mass is 544 g/mol. The van der Waals surface area contributed by atoms with E-state index >= 15 is 0 Å². The highest BCUT2D eigenvalue weighted by Gasteiger charge is 2.66. The van der Waals surface area contributed by atoms with E-state index in [0.717, 1.165) is 0 Å². The minimum absolute atomic E-state index is 0.117. The number of nitriles is 1. The number of benzene rings is 2. The Morgan fingerprint density at radius 3 is 2.82 bits per heavy atom. The molecule has 0 amide bonds. The number of ether oxygens (including phenoxy) is 2. The van der Waals surface area contributed by atoms with Crippen molar-refractivity contribution < 1.29 is 29.3 Å². The second kappa shape index (κ2) is 8.10. The highest BCUT2D eigenvalue weighted by atomic mass is 35.5. The number of halogens is 1. The molecular formula is C28H21ClN4O6. The second-order valence-corrected chi connectivity index (χ2v) is 10.5. The molecule has 7 rings (SSSR count). The standard InChI is InChI=1S/C28H21ClN4O6/c1-27-21(34)11-28(39-27,7-8-37-24-17-10-15(29)5-6-20(17)38-32-24)23-22(27)25(35)33(26(23)36)19-4-2-3-18-16(19)9-14(12-30)13-31-18/h2-6,9-10,13,21,34-36H,7-8,11H2,1H3/t21-,27-,28+/m1/s1. The van der Waals surface area contributed by atoms with Crippen LogP contribution in [0.1, 0.15) is 36.5 Å². The van der Waals surface area contributed by atoms with E-state index in [1.54, 1.807) is 49.4 Å². The molecular weight excluding hydrogens is 524 g/mol. The maximum Gasteiger partial charge on any atom is 0.262 e. The molecule has 2 bridgehead atoms. The molecule has 2 aliphatic rings. The number of aliphatic hydroxyl groups excluding tert-OH is 1. The number of rotatable bonds is 5. The van der Waals surface area contributed by atoms with E-state index in [2.05, 4.69) is 16.2 Å². The third-order valence-electron chi connectivity index (χ3n) is 7.86. The smallest absolute Gasteiger partial charge is 0.262 e. The predicted octanol–water partition coefficient (Wildman–Crippen LogP) is 4.78. The minimum atomic E-state index is -1.25. The molecule has 0 unspecified atom stereocenters. The fraction of sp³-hybridized carbons (Fsp3) is 0.250. The quantitative estimate of drug-likeness (QED) is 0.284. The number of aromatic hydroxyl groups is 2. The Hall–Kier alpha value is -4.30. The molecule has 0 aliphatic carbocycles. The molecule has 0 spiro atoms. The topological polar surface area (TPSA) is 147 Å². The lowest BCUT2D eigenvalue weighted by Crippen LogP contribution is -2.33. The normalized spacial score (nSPS) is 23.4. The molecule has 3 aromatic heterocycles. The summed E-state index contributed by atoms with van der Waals surface area (Å²) >= 11 is 6.11. The maximum absolute atomic E-state index is 11.6.